The van der Waals surface area contributed by atoms with Gasteiger partial charge in [0.1, 0.15) is 11.3 Å². The van der Waals surface area contributed by atoms with Crippen molar-refractivity contribution < 1.29 is 31.8 Å². The van der Waals surface area contributed by atoms with Gasteiger partial charge >= 0.3 is 6.18 Å². The van der Waals surface area contributed by atoms with Gasteiger partial charge in [-0.3, -0.25) is 14.8 Å². The van der Waals surface area contributed by atoms with Gasteiger partial charge in [-0.1, -0.05) is 12.6 Å². The fourth-order valence-electron chi connectivity index (χ4n) is 8.65. The minimum absolute atomic E-state index is 0.113. The summed E-state index contributed by atoms with van der Waals surface area (Å²) >= 11 is 0. The summed E-state index contributed by atoms with van der Waals surface area (Å²) in [4.78, 5) is 30.8. The molecule has 0 atom stereocenters. The number of nitrogens with zero attached hydrogens (tertiary/aromatic N) is 7. The molecule has 0 bridgehead atoms. The molecule has 1 saturated carbocycles. The Labute approximate surface area is 303 Å². The number of hydrogen-bond donors (Lipinski definition) is 1. The molecule has 11 nitrogen and oxygen atoms in total. The van der Waals surface area contributed by atoms with Crippen LogP contribution in [-0.4, -0.2) is 120 Å². The number of nitrogens with one attached hydrogen (secondary N) is 1. The van der Waals surface area contributed by atoms with E-state index in [1.54, 1.807) is 6.20 Å². The maximum atomic E-state index is 14.1. The number of piperazine rings is 1. The first-order chi connectivity index (χ1) is 25.5. The number of hydrogen-bond acceptors (Lipinski definition) is 9. The summed E-state index contributed by atoms with van der Waals surface area (Å²) in [5.41, 5.74) is 4.25. The molecule has 1 aliphatic carbocycles. The van der Waals surface area contributed by atoms with Crippen LogP contribution >= 0.6 is 0 Å². The van der Waals surface area contributed by atoms with Gasteiger partial charge in [-0.15, -0.1) is 0 Å². The number of piperidine rings is 1. The number of aromatic nitrogens is 4. The highest BCUT2D eigenvalue weighted by molar-refractivity contribution is 6.06. The van der Waals surface area contributed by atoms with Crippen molar-refractivity contribution in [1.29, 1.82) is 0 Å². The van der Waals surface area contributed by atoms with Crippen molar-refractivity contribution in [3.63, 3.8) is 0 Å². The smallest absolute Gasteiger partial charge is 0.422 e. The number of amides is 1. The molecule has 4 aromatic rings. The Kier molecular flexibility index (Phi) is 8.29. The maximum Gasteiger partial charge on any atom is 0.422 e. The molecule has 4 saturated heterocycles. The zero-order valence-electron chi connectivity index (χ0n) is 29.6. The maximum absolute atomic E-state index is 14.1. The molecule has 1 spiro atoms. The van der Waals surface area contributed by atoms with Crippen LogP contribution in [0.4, 0.5) is 29.3 Å². The predicted octanol–water partition coefficient (Wildman–Crippen LogP) is 5.73. The van der Waals surface area contributed by atoms with E-state index >= 15 is 0 Å². The lowest BCUT2D eigenvalue weighted by Crippen LogP contribution is -2.62. The molecule has 53 heavy (non-hydrogen) atoms. The van der Waals surface area contributed by atoms with Gasteiger partial charge in [0, 0.05) is 74.1 Å². The molecule has 0 unspecified atom stereocenters. The molecule has 9 rings (SSSR count). The van der Waals surface area contributed by atoms with Gasteiger partial charge in [-0.2, -0.15) is 23.3 Å². The molecule has 2 aromatic carbocycles. The van der Waals surface area contributed by atoms with Gasteiger partial charge in [0.2, 0.25) is 5.95 Å². The third-order valence-electron chi connectivity index (χ3n) is 11.9. The van der Waals surface area contributed by atoms with Crippen LogP contribution in [0.2, 0.25) is 0 Å². The molecule has 1 N–H and O–H groups in total. The molecule has 6 heterocycles. The lowest BCUT2D eigenvalue weighted by molar-refractivity contribution is -0.153. The van der Waals surface area contributed by atoms with Crippen molar-refractivity contribution in [3.8, 4) is 16.9 Å². The molecule has 4 aliphatic heterocycles. The summed E-state index contributed by atoms with van der Waals surface area (Å²) in [6.07, 6.45) is 0.474. The Morgan fingerprint density at radius 3 is 2.40 bits per heavy atom. The van der Waals surface area contributed by atoms with Crippen molar-refractivity contribution in [3.05, 3.63) is 47.9 Å². The number of carbonyl (C=O) groups excluding carboxylic acids is 1. The van der Waals surface area contributed by atoms with E-state index in [4.69, 9.17) is 19.4 Å². The number of benzene rings is 2. The molecule has 0 radical (unpaired) electrons. The Morgan fingerprint density at radius 1 is 1.02 bits per heavy atom. The van der Waals surface area contributed by atoms with Crippen LogP contribution in [0.15, 0.2) is 36.8 Å². The molecule has 5 fully saturated rings. The number of aromatic amines is 1. The summed E-state index contributed by atoms with van der Waals surface area (Å²) in [7, 11) is 0. The van der Waals surface area contributed by atoms with Crippen molar-refractivity contribution in [1.82, 2.24) is 30.0 Å². The van der Waals surface area contributed by atoms with Crippen LogP contribution in [0.1, 0.15) is 42.7 Å². The highest BCUT2D eigenvalue weighted by Crippen LogP contribution is 2.53. The number of halogens is 4. The third-order valence-corrected chi connectivity index (χ3v) is 11.9. The zero-order chi connectivity index (χ0) is 36.6. The van der Waals surface area contributed by atoms with E-state index in [0.717, 1.165) is 79.6 Å². The molecular formula is C38H42F4N8O3. The van der Waals surface area contributed by atoms with Crippen molar-refractivity contribution in [2.45, 2.75) is 50.7 Å². The second kappa shape index (κ2) is 12.8. The van der Waals surface area contributed by atoms with E-state index in [1.807, 2.05) is 19.1 Å². The summed E-state index contributed by atoms with van der Waals surface area (Å²) in [6, 6.07) is 6.37. The van der Waals surface area contributed by atoms with Crippen LogP contribution in [-0.2, 0) is 9.53 Å². The fraction of sp³-hybridized carbons (Fsp3) is 0.526. The standard InChI is InChI=1S/C38H42F4N8O3/c1-22-3-6-29-28(16-43-46-29)30(22)31-26(24-4-5-24)15-27-32(33(31)53-21-38(40,41)42)44-36(49-13-11-47(12-14-49)25-17-52-18-25)45-34(27)48-9-7-37(8-10-48)19-50(20-37)35(51)23(2)39/h3,6,15-16,24-25H,2,4-5,7-14,17-21H2,1H3,(H,43,46). The summed E-state index contributed by atoms with van der Waals surface area (Å²) in [6.45, 7) is 10.2. The molecule has 15 heteroatoms. The van der Waals surface area contributed by atoms with Gasteiger partial charge in [-0.05, 0) is 67.3 Å². The Hall–Kier alpha value is -4.50. The Balaban J connectivity index is 1.18. The fourth-order valence-corrected chi connectivity index (χ4v) is 8.65. The quantitative estimate of drug-likeness (QED) is 0.180. The van der Waals surface area contributed by atoms with Crippen molar-refractivity contribution in [2.24, 2.45) is 5.41 Å². The number of likely N-dealkylation sites (tertiary alicyclic amines) is 1. The summed E-state index contributed by atoms with van der Waals surface area (Å²) in [5.74, 6) is -0.226. The lowest BCUT2D eigenvalue weighted by Gasteiger charge is -2.54. The third kappa shape index (κ3) is 6.24. The molecule has 5 aliphatic rings. The number of anilines is 2. The van der Waals surface area contributed by atoms with E-state index < -0.39 is 24.5 Å². The molecular weight excluding hydrogens is 692 g/mol. The van der Waals surface area contributed by atoms with Gasteiger partial charge in [-0.25, -0.2) is 9.37 Å². The van der Waals surface area contributed by atoms with Crippen molar-refractivity contribution in [2.75, 3.05) is 82.0 Å². The SMILES string of the molecule is C=C(F)C(=O)N1CC2(CCN(c3nc(N4CCN(C5COC5)CC4)nc4c(OCC(F)(F)F)c(-c5c(C)ccc6[nH]ncc56)c(C5CC5)cc34)CC2)C1. The van der Waals surface area contributed by atoms with Crippen LogP contribution in [0.5, 0.6) is 5.75 Å². The van der Waals surface area contributed by atoms with Gasteiger partial charge < -0.3 is 24.2 Å². The van der Waals surface area contributed by atoms with E-state index in [2.05, 4.69) is 37.5 Å². The molecule has 1 amide bonds. The van der Waals surface area contributed by atoms with Crippen LogP contribution < -0.4 is 14.5 Å². The number of carbonyl (C=O) groups is 1. The second-order valence-corrected chi connectivity index (χ2v) is 15.4. The number of ether oxygens (including phenoxy) is 2. The van der Waals surface area contributed by atoms with E-state index in [0.29, 0.717) is 73.5 Å². The van der Waals surface area contributed by atoms with Gasteiger partial charge in [0.05, 0.1) is 31.0 Å². The first kappa shape index (κ1) is 34.3. The average Bonchev–Trinajstić information content (AvgIpc) is 3.84. The normalized spacial score (nSPS) is 21.0. The highest BCUT2D eigenvalue weighted by atomic mass is 19.4. The minimum Gasteiger partial charge on any atom is -0.481 e. The average molecular weight is 735 g/mol. The number of H-pyrrole nitrogens is 1. The molecule has 2 aromatic heterocycles. The zero-order valence-corrected chi connectivity index (χ0v) is 29.6. The number of rotatable bonds is 8. The van der Waals surface area contributed by atoms with E-state index in [9.17, 15) is 22.4 Å². The van der Waals surface area contributed by atoms with Crippen molar-refractivity contribution >= 4 is 39.5 Å². The largest absolute Gasteiger partial charge is 0.481 e. The van der Waals surface area contributed by atoms with Crippen LogP contribution in [0.25, 0.3) is 32.9 Å². The second-order valence-electron chi connectivity index (χ2n) is 15.4. The number of fused-ring (bicyclic) bond motifs is 2. The number of alkyl halides is 3. The first-order valence-electron chi connectivity index (χ1n) is 18.4. The monoisotopic (exact) mass is 734 g/mol. The van der Waals surface area contributed by atoms with E-state index in [1.165, 1.54) is 4.90 Å². The Bertz CT molecular complexity index is 2090. The minimum atomic E-state index is -4.58. The first-order valence-corrected chi connectivity index (χ1v) is 18.4. The van der Waals surface area contributed by atoms with Crippen LogP contribution in [0, 0.1) is 12.3 Å². The number of aryl methyl sites for hydroxylation is 1. The Morgan fingerprint density at radius 2 is 1.75 bits per heavy atom. The van der Waals surface area contributed by atoms with Gasteiger partial charge in [0.25, 0.3) is 5.91 Å². The highest BCUT2D eigenvalue weighted by Gasteiger charge is 2.48. The molecule has 280 valence electrons. The van der Waals surface area contributed by atoms with E-state index in [-0.39, 0.29) is 17.1 Å². The summed E-state index contributed by atoms with van der Waals surface area (Å²) in [5, 5.41) is 8.77. The predicted molar refractivity (Wildman–Crippen MR) is 192 cm³/mol. The van der Waals surface area contributed by atoms with Gasteiger partial charge in [0.15, 0.2) is 18.2 Å². The van der Waals surface area contributed by atoms with Crippen LogP contribution in [0.3, 0.4) is 0 Å². The lowest BCUT2D eigenvalue weighted by atomic mass is 9.72. The summed E-state index contributed by atoms with van der Waals surface area (Å²) < 4.78 is 67.2. The topological polar surface area (TPSA) is 103 Å².